The maximum absolute atomic E-state index is 13.6. The fourth-order valence-corrected chi connectivity index (χ4v) is 6.98. The Morgan fingerprint density at radius 2 is 0.833 bits per heavy atom. The maximum Gasteiger partial charge on any atom is 0.249 e. The number of aryl methyl sites for hydroxylation is 4. The van der Waals surface area contributed by atoms with Gasteiger partial charge in [0.25, 0.3) is 0 Å². The van der Waals surface area contributed by atoms with Crippen molar-refractivity contribution in [2.75, 3.05) is 0 Å². The van der Waals surface area contributed by atoms with Crippen LogP contribution < -0.4 is 9.36 Å². The quantitative estimate of drug-likeness (QED) is 0.0935. The molecule has 2 aliphatic carbocycles. The summed E-state index contributed by atoms with van der Waals surface area (Å²) in [5.74, 6) is -0.565. The van der Waals surface area contributed by atoms with Crippen molar-refractivity contribution < 1.29 is 28.5 Å². The van der Waals surface area contributed by atoms with Crippen molar-refractivity contribution in [2.24, 2.45) is 0 Å². The zero-order valence-electron chi connectivity index (χ0n) is 28.2. The van der Waals surface area contributed by atoms with Gasteiger partial charge in [-0.1, -0.05) is 88.1 Å². The van der Waals surface area contributed by atoms with Gasteiger partial charge in [0, 0.05) is 22.3 Å². The molecule has 0 bridgehead atoms. The van der Waals surface area contributed by atoms with Crippen molar-refractivity contribution in [3.8, 4) is 0 Å². The SMILES string of the molecule is CCCCCCn1n[n+](CCCCCC[n+]2nn(CCCCCC)c3c2C(=O)c2ccccc2C3=O)c2c1C(=O)c1ccccc1C2=O. The highest BCUT2D eigenvalue weighted by molar-refractivity contribution is 6.27. The van der Waals surface area contributed by atoms with Crippen LogP contribution in [0.2, 0.25) is 0 Å². The predicted molar refractivity (Wildman–Crippen MR) is 178 cm³/mol. The summed E-state index contributed by atoms with van der Waals surface area (Å²) < 4.78 is 6.96. The minimum atomic E-state index is -0.146. The molecule has 0 aliphatic heterocycles. The highest BCUT2D eigenvalue weighted by Crippen LogP contribution is 2.27. The molecule has 2 aliphatic rings. The Kier molecular flexibility index (Phi) is 10.5. The molecule has 0 unspecified atom stereocenters. The third-order valence-electron chi connectivity index (χ3n) is 9.54. The van der Waals surface area contributed by atoms with E-state index in [-0.39, 0.29) is 23.1 Å². The average molecular weight is 651 g/mol. The summed E-state index contributed by atoms with van der Waals surface area (Å²) >= 11 is 0. The molecule has 10 nitrogen and oxygen atoms in total. The molecular weight excluding hydrogens is 604 g/mol. The van der Waals surface area contributed by atoms with Crippen LogP contribution in [0, 0.1) is 0 Å². The molecule has 0 N–H and O–H groups in total. The van der Waals surface area contributed by atoms with E-state index in [1.54, 1.807) is 67.3 Å². The number of unbranched alkanes of at least 4 members (excludes halogenated alkanes) is 9. The Hall–Kier alpha value is -4.60. The number of ketones is 4. The number of carbonyl (C=O) groups is 4. The van der Waals surface area contributed by atoms with Crippen molar-refractivity contribution in [1.29, 1.82) is 0 Å². The third-order valence-corrected chi connectivity index (χ3v) is 9.54. The summed E-state index contributed by atoms with van der Waals surface area (Å²) in [6, 6.07) is 14.1. The Morgan fingerprint density at radius 1 is 0.479 bits per heavy atom. The first-order valence-electron chi connectivity index (χ1n) is 17.8. The van der Waals surface area contributed by atoms with Gasteiger partial charge in [0.15, 0.2) is 0 Å². The molecule has 0 spiro atoms. The number of fused-ring (bicyclic) bond motifs is 4. The molecule has 2 aromatic carbocycles. The molecule has 10 heteroatoms. The lowest BCUT2D eigenvalue weighted by molar-refractivity contribution is -0.758. The van der Waals surface area contributed by atoms with Crippen LogP contribution in [0.1, 0.15) is 155 Å². The monoisotopic (exact) mass is 650 g/mol. The minimum absolute atomic E-state index is 0.136. The van der Waals surface area contributed by atoms with Gasteiger partial charge in [0.1, 0.15) is 26.2 Å². The lowest BCUT2D eigenvalue weighted by Crippen LogP contribution is -2.44. The molecule has 250 valence electrons. The topological polar surface area (TPSA) is 112 Å². The molecule has 2 heterocycles. The summed E-state index contributed by atoms with van der Waals surface area (Å²) in [6.07, 6.45) is 11.7. The first kappa shape index (κ1) is 33.3. The molecular formula is C38H46N6O4+2. The smallest absolute Gasteiger partial charge is 0.249 e. The number of aromatic nitrogens is 6. The van der Waals surface area contributed by atoms with Crippen molar-refractivity contribution in [2.45, 2.75) is 117 Å². The summed E-state index contributed by atoms with van der Waals surface area (Å²) in [5.41, 5.74) is 3.37. The van der Waals surface area contributed by atoms with Gasteiger partial charge in [-0.25, -0.2) is 0 Å². The molecule has 6 rings (SSSR count). The van der Waals surface area contributed by atoms with E-state index in [1.807, 2.05) is 0 Å². The zero-order chi connectivity index (χ0) is 33.6. The highest BCUT2D eigenvalue weighted by atomic mass is 16.2. The van der Waals surface area contributed by atoms with E-state index in [0.29, 0.717) is 71.2 Å². The van der Waals surface area contributed by atoms with Gasteiger partial charge in [-0.15, -0.1) is 18.7 Å². The van der Waals surface area contributed by atoms with Crippen LogP contribution in [0.15, 0.2) is 48.5 Å². The molecule has 0 radical (unpaired) electrons. The lowest BCUT2D eigenvalue weighted by Gasteiger charge is -2.11. The Balaban J connectivity index is 1.12. The van der Waals surface area contributed by atoms with E-state index in [4.69, 9.17) is 10.4 Å². The predicted octanol–water partition coefficient (Wildman–Crippen LogP) is 5.63. The third kappa shape index (κ3) is 6.44. The van der Waals surface area contributed by atoms with E-state index in [1.165, 1.54) is 0 Å². The minimum Gasteiger partial charge on any atom is -0.284 e. The maximum atomic E-state index is 13.6. The molecule has 0 saturated carbocycles. The second kappa shape index (κ2) is 15.1. The Bertz CT molecular complexity index is 1720. The van der Waals surface area contributed by atoms with Gasteiger partial charge in [-0.05, 0) is 51.4 Å². The molecule has 4 aromatic rings. The van der Waals surface area contributed by atoms with Crippen molar-refractivity contribution in [3.63, 3.8) is 0 Å². The summed E-state index contributed by atoms with van der Waals surface area (Å²) in [5, 5.41) is 9.53. The van der Waals surface area contributed by atoms with Crippen LogP contribution in [0.3, 0.4) is 0 Å². The van der Waals surface area contributed by atoms with Crippen LogP contribution in [0.4, 0.5) is 0 Å². The van der Waals surface area contributed by atoms with Gasteiger partial charge in [-0.3, -0.25) is 19.2 Å². The molecule has 2 aromatic heterocycles. The van der Waals surface area contributed by atoms with Crippen LogP contribution in [0.25, 0.3) is 0 Å². The van der Waals surface area contributed by atoms with Gasteiger partial charge in [0.2, 0.25) is 45.9 Å². The number of rotatable bonds is 17. The van der Waals surface area contributed by atoms with E-state index in [9.17, 15) is 19.2 Å². The Morgan fingerprint density at radius 3 is 1.21 bits per heavy atom. The molecule has 0 fully saturated rings. The van der Waals surface area contributed by atoms with Gasteiger partial charge in [-0.2, -0.15) is 0 Å². The fourth-order valence-electron chi connectivity index (χ4n) is 6.98. The lowest BCUT2D eigenvalue weighted by atomic mass is 9.89. The standard InChI is InChI=1S/C38H46N6O4/c1-3-5-7-15-23-41-31-33(37(47)29-21-13-11-19-27(29)35(31)45)43(39-41)25-17-9-10-18-26-44-34-32(42(40-44)24-16-8-6-4-2)36(46)28-20-12-14-22-30(28)38(34)48/h11-14,19-22H,3-10,15-18,23-26H2,1-2H3/q+2. The highest BCUT2D eigenvalue weighted by Gasteiger charge is 2.43. The largest absolute Gasteiger partial charge is 0.284 e. The Labute approximate surface area is 281 Å². The number of carbonyl (C=O) groups excluding carboxylic acids is 4. The molecule has 0 atom stereocenters. The van der Waals surface area contributed by atoms with Gasteiger partial charge < -0.3 is 0 Å². The molecule has 0 amide bonds. The van der Waals surface area contributed by atoms with Crippen molar-refractivity contribution in [3.05, 3.63) is 93.6 Å². The van der Waals surface area contributed by atoms with Crippen LogP contribution >= 0.6 is 0 Å². The summed E-state index contributed by atoms with van der Waals surface area (Å²) in [4.78, 5) is 54.3. The first-order valence-corrected chi connectivity index (χ1v) is 17.8. The summed E-state index contributed by atoms with van der Waals surface area (Å²) in [6.45, 7) is 6.60. The fraction of sp³-hybridized carbons (Fsp3) is 0.474. The van der Waals surface area contributed by atoms with E-state index < -0.39 is 0 Å². The second-order valence-corrected chi connectivity index (χ2v) is 13.0. The van der Waals surface area contributed by atoms with Crippen LogP contribution in [-0.4, -0.2) is 42.9 Å². The normalized spacial score (nSPS) is 13.5. The average Bonchev–Trinajstić information content (AvgIpc) is 3.66. The van der Waals surface area contributed by atoms with Crippen LogP contribution in [0.5, 0.6) is 0 Å². The first-order chi connectivity index (χ1) is 23.5. The van der Waals surface area contributed by atoms with Crippen molar-refractivity contribution >= 4 is 23.1 Å². The number of benzene rings is 2. The number of nitrogens with zero attached hydrogens (tertiary/aromatic N) is 6. The van der Waals surface area contributed by atoms with Gasteiger partial charge in [0.05, 0.1) is 10.4 Å². The zero-order valence-corrected chi connectivity index (χ0v) is 28.2. The molecule has 0 saturated heterocycles. The van der Waals surface area contributed by atoms with Gasteiger partial charge >= 0.3 is 0 Å². The number of hydrogen-bond acceptors (Lipinski definition) is 6. The van der Waals surface area contributed by atoms with Crippen LogP contribution in [-0.2, 0) is 26.2 Å². The molecule has 48 heavy (non-hydrogen) atoms. The van der Waals surface area contributed by atoms with E-state index in [2.05, 4.69) is 13.8 Å². The summed E-state index contributed by atoms with van der Waals surface area (Å²) in [7, 11) is 0. The van der Waals surface area contributed by atoms with E-state index in [0.717, 1.165) is 77.0 Å². The van der Waals surface area contributed by atoms with E-state index >= 15 is 0 Å². The van der Waals surface area contributed by atoms with Crippen molar-refractivity contribution in [1.82, 2.24) is 19.8 Å². The second-order valence-electron chi connectivity index (χ2n) is 13.0. The number of hydrogen-bond donors (Lipinski definition) is 0.